The van der Waals surface area contributed by atoms with E-state index in [2.05, 4.69) is 65.8 Å². The Kier molecular flexibility index (Phi) is 5.34. The van der Waals surface area contributed by atoms with E-state index in [1.165, 1.54) is 47.9 Å². The van der Waals surface area contributed by atoms with E-state index in [1.807, 2.05) is 0 Å². The summed E-state index contributed by atoms with van der Waals surface area (Å²) in [6.45, 7) is 13.0. The summed E-state index contributed by atoms with van der Waals surface area (Å²) in [5, 5.41) is 22.5. The molecular weight excluding hydrogens is 392 g/mol. The average molecular weight is 433 g/mol. The van der Waals surface area contributed by atoms with E-state index in [0.29, 0.717) is 47.0 Å². The lowest BCUT2D eigenvalue weighted by Crippen LogP contribution is -2.27. The van der Waals surface area contributed by atoms with E-state index in [-0.39, 0.29) is 0 Å². The number of hydrogen-bond donors (Lipinski definition) is 2. The first-order valence-electron chi connectivity index (χ1n) is 12.8. The van der Waals surface area contributed by atoms with Crippen molar-refractivity contribution < 1.29 is 10.2 Å². The molecule has 3 fully saturated rings. The second-order valence-electron chi connectivity index (χ2n) is 11.8. The second-order valence-corrected chi connectivity index (χ2v) is 11.8. The Labute approximate surface area is 194 Å². The molecule has 0 heterocycles. The van der Waals surface area contributed by atoms with E-state index in [0.717, 1.165) is 23.0 Å². The molecule has 0 radical (unpaired) electrons. The molecule has 0 aromatic heterocycles. The van der Waals surface area contributed by atoms with Crippen LogP contribution >= 0.6 is 0 Å². The third-order valence-electron chi connectivity index (χ3n) is 9.19. The molecule has 6 unspecified atom stereocenters. The predicted octanol–water partition coefficient (Wildman–Crippen LogP) is 7.89. The van der Waals surface area contributed by atoms with Gasteiger partial charge in [0.1, 0.15) is 11.5 Å². The van der Waals surface area contributed by atoms with Gasteiger partial charge in [0.05, 0.1) is 0 Å². The van der Waals surface area contributed by atoms with Gasteiger partial charge in [0.15, 0.2) is 0 Å². The fourth-order valence-electron chi connectivity index (χ4n) is 7.94. The molecule has 6 atom stereocenters. The largest absolute Gasteiger partial charge is 0.507 e. The Morgan fingerprint density at radius 2 is 1.22 bits per heavy atom. The van der Waals surface area contributed by atoms with Crippen molar-refractivity contribution in [2.45, 2.75) is 90.9 Å². The summed E-state index contributed by atoms with van der Waals surface area (Å²) < 4.78 is 0. The lowest BCUT2D eigenvalue weighted by atomic mass is 9.68. The maximum absolute atomic E-state index is 11.3. The van der Waals surface area contributed by atoms with Gasteiger partial charge in [-0.25, -0.2) is 0 Å². The summed E-state index contributed by atoms with van der Waals surface area (Å²) in [6.07, 6.45) is 5.01. The van der Waals surface area contributed by atoms with Gasteiger partial charge in [0.25, 0.3) is 0 Å². The van der Waals surface area contributed by atoms with Crippen molar-refractivity contribution in [3.05, 3.63) is 57.6 Å². The molecular formula is C30H40O2. The molecule has 2 bridgehead atoms. The highest BCUT2D eigenvalue weighted by molar-refractivity contribution is 5.50. The van der Waals surface area contributed by atoms with Crippen molar-refractivity contribution in [3.8, 4) is 11.5 Å². The van der Waals surface area contributed by atoms with Crippen LogP contribution in [0.3, 0.4) is 0 Å². The Bertz CT molecular complexity index is 1030. The highest BCUT2D eigenvalue weighted by Gasteiger charge is 2.58. The Balaban J connectivity index is 1.53. The number of rotatable bonds is 4. The molecule has 2 aromatic carbocycles. The van der Waals surface area contributed by atoms with E-state index in [9.17, 15) is 10.2 Å². The number of fused-ring (bicyclic) bond motifs is 5. The summed E-state index contributed by atoms with van der Waals surface area (Å²) in [7, 11) is 0. The van der Waals surface area contributed by atoms with Crippen LogP contribution in [0.4, 0.5) is 0 Å². The minimum Gasteiger partial charge on any atom is -0.507 e. The number of benzene rings is 2. The normalized spacial score (nSPS) is 31.1. The van der Waals surface area contributed by atoms with Crippen LogP contribution in [0.5, 0.6) is 11.5 Å². The van der Waals surface area contributed by atoms with Gasteiger partial charge < -0.3 is 10.2 Å². The third kappa shape index (κ3) is 3.28. The molecule has 0 spiro atoms. The molecule has 3 aliphatic rings. The van der Waals surface area contributed by atoms with Gasteiger partial charge in [-0.2, -0.15) is 0 Å². The van der Waals surface area contributed by atoms with Crippen molar-refractivity contribution in [2.24, 2.45) is 23.7 Å². The topological polar surface area (TPSA) is 40.5 Å². The van der Waals surface area contributed by atoms with E-state index in [1.54, 1.807) is 0 Å². The molecule has 2 heteroatoms. The first-order valence-corrected chi connectivity index (χ1v) is 12.8. The van der Waals surface area contributed by atoms with Gasteiger partial charge in [0.2, 0.25) is 0 Å². The van der Waals surface area contributed by atoms with Crippen molar-refractivity contribution >= 4 is 0 Å². The Morgan fingerprint density at radius 3 is 1.75 bits per heavy atom. The maximum Gasteiger partial charge on any atom is 0.122 e. The molecule has 32 heavy (non-hydrogen) atoms. The van der Waals surface area contributed by atoms with E-state index >= 15 is 0 Å². The van der Waals surface area contributed by atoms with Crippen LogP contribution in [-0.4, -0.2) is 10.2 Å². The van der Waals surface area contributed by atoms with Gasteiger partial charge in [-0.3, -0.25) is 0 Å². The average Bonchev–Trinajstić information content (AvgIpc) is 3.42. The lowest BCUT2D eigenvalue weighted by Gasteiger charge is -2.36. The molecule has 0 amide bonds. The molecule has 0 saturated heterocycles. The predicted molar refractivity (Wildman–Crippen MR) is 132 cm³/mol. The van der Waals surface area contributed by atoms with Crippen LogP contribution in [-0.2, 0) is 0 Å². The summed E-state index contributed by atoms with van der Waals surface area (Å²) in [5.41, 5.74) is 7.12. The molecule has 3 aliphatic carbocycles. The zero-order chi connectivity index (χ0) is 22.9. The maximum atomic E-state index is 11.3. The fourth-order valence-corrected chi connectivity index (χ4v) is 7.94. The zero-order valence-electron chi connectivity index (χ0n) is 20.7. The highest BCUT2D eigenvalue weighted by Crippen LogP contribution is 2.68. The fraction of sp³-hybridized carbons (Fsp3) is 0.600. The lowest BCUT2D eigenvalue weighted by molar-refractivity contribution is 0.213. The van der Waals surface area contributed by atoms with Crippen LogP contribution in [0.15, 0.2) is 24.3 Å². The molecule has 3 saturated carbocycles. The Hall–Kier alpha value is -1.96. The Morgan fingerprint density at radius 1 is 0.688 bits per heavy atom. The van der Waals surface area contributed by atoms with Crippen LogP contribution in [0.2, 0.25) is 0 Å². The van der Waals surface area contributed by atoms with Crippen molar-refractivity contribution in [2.75, 3.05) is 0 Å². The van der Waals surface area contributed by atoms with Crippen molar-refractivity contribution in [1.29, 1.82) is 0 Å². The van der Waals surface area contributed by atoms with Gasteiger partial charge in [0, 0.05) is 0 Å². The van der Waals surface area contributed by atoms with E-state index < -0.39 is 0 Å². The van der Waals surface area contributed by atoms with Gasteiger partial charge in [-0.05, 0) is 109 Å². The van der Waals surface area contributed by atoms with Crippen molar-refractivity contribution in [1.82, 2.24) is 0 Å². The number of hydrogen-bond acceptors (Lipinski definition) is 2. The second kappa shape index (κ2) is 7.82. The molecule has 5 rings (SSSR count). The molecule has 2 N–H and O–H groups in total. The first-order chi connectivity index (χ1) is 15.2. The summed E-state index contributed by atoms with van der Waals surface area (Å²) in [5.74, 6) is 5.49. The number of aromatic hydroxyl groups is 2. The summed E-state index contributed by atoms with van der Waals surface area (Å²) in [6, 6.07) is 8.84. The SMILES string of the molecule is Cc1cc(C(C)C)c(O)c(C2CC3CC2C2C(c4cc(C)cc(C(C)C)c4O)CCC32)c1. The van der Waals surface area contributed by atoms with Crippen LogP contribution < -0.4 is 0 Å². The van der Waals surface area contributed by atoms with Gasteiger partial charge in [-0.15, -0.1) is 0 Å². The van der Waals surface area contributed by atoms with Crippen LogP contribution in [0.25, 0.3) is 0 Å². The molecule has 2 aromatic rings. The van der Waals surface area contributed by atoms with E-state index in [4.69, 9.17) is 0 Å². The molecule has 0 aliphatic heterocycles. The standard InChI is InChI=1S/C30H40O2/c1-15(2)22-9-17(5)11-26(29(22)31)21-8-7-20-19-13-24(25(14-19)28(20)21)27-12-18(6)10-23(16(3)4)30(27)32/h9-12,15-16,19-21,24-25,28,31-32H,7-8,13-14H2,1-6H3. The quantitative estimate of drug-likeness (QED) is 0.515. The monoisotopic (exact) mass is 432 g/mol. The summed E-state index contributed by atoms with van der Waals surface area (Å²) in [4.78, 5) is 0. The first kappa shape index (κ1) is 21.9. The number of phenolic OH excluding ortho intramolecular Hbond substituents is 2. The van der Waals surface area contributed by atoms with Gasteiger partial charge in [-0.1, -0.05) is 63.1 Å². The highest BCUT2D eigenvalue weighted by atomic mass is 16.3. The molecule has 2 nitrogen and oxygen atoms in total. The van der Waals surface area contributed by atoms with Crippen LogP contribution in [0.1, 0.15) is 110 Å². The third-order valence-corrected chi connectivity index (χ3v) is 9.19. The minimum absolute atomic E-state index is 0.331. The van der Waals surface area contributed by atoms with Crippen molar-refractivity contribution in [3.63, 3.8) is 0 Å². The summed E-state index contributed by atoms with van der Waals surface area (Å²) >= 11 is 0. The molecule has 172 valence electrons. The zero-order valence-corrected chi connectivity index (χ0v) is 20.7. The van der Waals surface area contributed by atoms with Crippen LogP contribution in [0, 0.1) is 37.5 Å². The smallest absolute Gasteiger partial charge is 0.122 e. The number of aryl methyl sites for hydroxylation is 2. The van der Waals surface area contributed by atoms with Gasteiger partial charge >= 0.3 is 0 Å². The minimum atomic E-state index is 0.331. The number of phenols is 2.